The Bertz CT molecular complexity index is 517. The molecular formula is C24H40O4. The van der Waals surface area contributed by atoms with Gasteiger partial charge in [-0.3, -0.25) is 9.59 Å². The fourth-order valence-corrected chi connectivity index (χ4v) is 2.27. The van der Waals surface area contributed by atoms with Gasteiger partial charge >= 0.3 is 11.9 Å². The van der Waals surface area contributed by atoms with E-state index in [2.05, 4.69) is 53.7 Å². The molecule has 0 unspecified atom stereocenters. The Balaban J connectivity index is 0. The van der Waals surface area contributed by atoms with Crippen LogP contribution in [0.4, 0.5) is 0 Å². The van der Waals surface area contributed by atoms with Gasteiger partial charge in [0.2, 0.25) is 0 Å². The van der Waals surface area contributed by atoms with Crippen LogP contribution in [0, 0.1) is 0 Å². The van der Waals surface area contributed by atoms with E-state index in [0.717, 1.165) is 25.7 Å². The van der Waals surface area contributed by atoms with Crippen LogP contribution in [-0.2, 0) is 9.59 Å². The van der Waals surface area contributed by atoms with Gasteiger partial charge in [0.15, 0.2) is 0 Å². The monoisotopic (exact) mass is 392 g/mol. The Morgan fingerprint density at radius 3 is 1.07 bits per heavy atom. The average molecular weight is 393 g/mol. The summed E-state index contributed by atoms with van der Waals surface area (Å²) >= 11 is 0. The molecule has 0 atom stereocenters. The first kappa shape index (κ1) is 28.1. The minimum atomic E-state index is -0.724. The third-order valence-electron chi connectivity index (χ3n) is 3.88. The predicted octanol–water partition coefficient (Wildman–Crippen LogP) is 7.09. The second kappa shape index (κ2) is 18.3. The number of carbonyl (C=O) groups is 2. The van der Waals surface area contributed by atoms with Gasteiger partial charge in [0.05, 0.1) is 0 Å². The maximum absolute atomic E-state index is 10.2. The van der Waals surface area contributed by atoms with E-state index >= 15 is 0 Å². The molecule has 0 radical (unpaired) electrons. The largest absolute Gasteiger partial charge is 0.481 e. The van der Waals surface area contributed by atoms with E-state index in [4.69, 9.17) is 10.2 Å². The van der Waals surface area contributed by atoms with Crippen molar-refractivity contribution in [3.63, 3.8) is 0 Å². The molecule has 0 aromatic rings. The number of carboxylic acid groups (broad SMARTS) is 2. The second-order valence-electron chi connectivity index (χ2n) is 7.61. The summed E-state index contributed by atoms with van der Waals surface area (Å²) in [5.41, 5.74) is 5.24. The van der Waals surface area contributed by atoms with Crippen LogP contribution in [0.2, 0.25) is 0 Å². The maximum atomic E-state index is 10.2. The van der Waals surface area contributed by atoms with E-state index in [1.807, 2.05) is 12.2 Å². The van der Waals surface area contributed by atoms with E-state index in [-0.39, 0.29) is 12.8 Å². The lowest BCUT2D eigenvalue weighted by molar-refractivity contribution is -0.137. The van der Waals surface area contributed by atoms with Gasteiger partial charge in [-0.1, -0.05) is 46.6 Å². The normalized spacial score (nSPS) is 11.2. The molecule has 0 rings (SSSR count). The van der Waals surface area contributed by atoms with Gasteiger partial charge in [-0.2, -0.15) is 0 Å². The first-order valence-corrected chi connectivity index (χ1v) is 10.1. The van der Waals surface area contributed by atoms with Crippen molar-refractivity contribution in [1.29, 1.82) is 0 Å². The molecule has 0 saturated carbocycles. The van der Waals surface area contributed by atoms with Crippen molar-refractivity contribution in [2.75, 3.05) is 0 Å². The van der Waals surface area contributed by atoms with E-state index < -0.39 is 11.9 Å². The lowest BCUT2D eigenvalue weighted by atomic mass is 10.1. The molecule has 160 valence electrons. The van der Waals surface area contributed by atoms with Crippen LogP contribution in [0.25, 0.3) is 0 Å². The SMILES string of the molecule is CC(C)=CCC/C(C)=C/CCC(=O)O.CC(C)=CCC/C(C)=C/CCC(=O)O. The molecule has 28 heavy (non-hydrogen) atoms. The van der Waals surface area contributed by atoms with Crippen molar-refractivity contribution in [1.82, 2.24) is 0 Å². The minimum Gasteiger partial charge on any atom is -0.481 e. The maximum Gasteiger partial charge on any atom is 0.303 e. The van der Waals surface area contributed by atoms with Crippen LogP contribution in [0.3, 0.4) is 0 Å². The fraction of sp³-hybridized carbons (Fsp3) is 0.583. The molecule has 0 aromatic carbocycles. The van der Waals surface area contributed by atoms with Gasteiger partial charge in [-0.25, -0.2) is 0 Å². The quantitative estimate of drug-likeness (QED) is 0.348. The topological polar surface area (TPSA) is 74.6 Å². The van der Waals surface area contributed by atoms with Gasteiger partial charge in [0.1, 0.15) is 0 Å². The summed E-state index contributed by atoms with van der Waals surface area (Å²) in [5.74, 6) is -1.45. The highest BCUT2D eigenvalue weighted by Crippen LogP contribution is 2.09. The number of hydrogen-bond donors (Lipinski definition) is 2. The van der Waals surface area contributed by atoms with Crippen molar-refractivity contribution in [3.05, 3.63) is 46.6 Å². The smallest absolute Gasteiger partial charge is 0.303 e. The summed E-state index contributed by atoms with van der Waals surface area (Å²) in [7, 11) is 0. The Hall–Kier alpha value is -2.10. The Morgan fingerprint density at radius 2 is 0.821 bits per heavy atom. The Kier molecular flexibility index (Phi) is 18.3. The highest BCUT2D eigenvalue weighted by Gasteiger charge is 1.95. The number of hydrogen-bond acceptors (Lipinski definition) is 2. The van der Waals surface area contributed by atoms with Crippen molar-refractivity contribution >= 4 is 11.9 Å². The lowest BCUT2D eigenvalue weighted by Crippen LogP contribution is -1.92. The summed E-state index contributed by atoms with van der Waals surface area (Å²) in [6.07, 6.45) is 14.4. The molecule has 0 aliphatic carbocycles. The molecule has 0 bridgehead atoms. The summed E-state index contributed by atoms with van der Waals surface area (Å²) in [5, 5.41) is 16.9. The van der Waals surface area contributed by atoms with E-state index in [0.29, 0.717) is 12.8 Å². The molecule has 0 aliphatic rings. The van der Waals surface area contributed by atoms with Crippen LogP contribution in [0.5, 0.6) is 0 Å². The van der Waals surface area contributed by atoms with Crippen molar-refractivity contribution in [2.45, 2.75) is 92.9 Å². The van der Waals surface area contributed by atoms with Crippen LogP contribution < -0.4 is 0 Å². The molecule has 4 nitrogen and oxygen atoms in total. The van der Waals surface area contributed by atoms with E-state index in [9.17, 15) is 9.59 Å². The molecule has 0 fully saturated rings. The Morgan fingerprint density at radius 1 is 0.536 bits per heavy atom. The molecule has 0 saturated heterocycles. The van der Waals surface area contributed by atoms with E-state index in [1.165, 1.54) is 22.3 Å². The Labute approximate surface area is 171 Å². The van der Waals surface area contributed by atoms with E-state index in [1.54, 1.807) is 0 Å². The minimum absolute atomic E-state index is 0.236. The number of aliphatic carboxylic acids is 2. The number of rotatable bonds is 12. The van der Waals surface area contributed by atoms with Crippen LogP contribution in [0.15, 0.2) is 46.6 Å². The summed E-state index contributed by atoms with van der Waals surface area (Å²) in [6.45, 7) is 12.5. The second-order valence-corrected chi connectivity index (χ2v) is 7.61. The molecule has 2 N–H and O–H groups in total. The lowest BCUT2D eigenvalue weighted by Gasteiger charge is -1.98. The molecule has 0 spiro atoms. The predicted molar refractivity (Wildman–Crippen MR) is 119 cm³/mol. The zero-order chi connectivity index (χ0) is 21.9. The summed E-state index contributed by atoms with van der Waals surface area (Å²) in [4.78, 5) is 20.5. The fourth-order valence-electron chi connectivity index (χ4n) is 2.27. The van der Waals surface area contributed by atoms with Crippen LogP contribution in [-0.4, -0.2) is 22.2 Å². The number of allylic oxidation sites excluding steroid dienone is 8. The van der Waals surface area contributed by atoms with Gasteiger partial charge in [0.25, 0.3) is 0 Å². The first-order valence-electron chi connectivity index (χ1n) is 10.1. The van der Waals surface area contributed by atoms with Crippen molar-refractivity contribution in [3.8, 4) is 0 Å². The van der Waals surface area contributed by atoms with Crippen molar-refractivity contribution in [2.24, 2.45) is 0 Å². The third kappa shape index (κ3) is 26.1. The molecule has 0 heterocycles. The molecule has 0 aromatic heterocycles. The highest BCUT2D eigenvalue weighted by molar-refractivity contribution is 5.67. The zero-order valence-corrected chi connectivity index (χ0v) is 18.7. The average Bonchev–Trinajstić information content (AvgIpc) is 2.54. The zero-order valence-electron chi connectivity index (χ0n) is 18.7. The first-order chi connectivity index (χ1) is 13.0. The van der Waals surface area contributed by atoms with Crippen LogP contribution >= 0.6 is 0 Å². The van der Waals surface area contributed by atoms with Crippen molar-refractivity contribution < 1.29 is 19.8 Å². The van der Waals surface area contributed by atoms with Gasteiger partial charge in [-0.15, -0.1) is 0 Å². The van der Waals surface area contributed by atoms with Gasteiger partial charge < -0.3 is 10.2 Å². The summed E-state index contributed by atoms with van der Waals surface area (Å²) < 4.78 is 0. The van der Waals surface area contributed by atoms with Crippen LogP contribution in [0.1, 0.15) is 92.9 Å². The van der Waals surface area contributed by atoms with Gasteiger partial charge in [0, 0.05) is 12.8 Å². The highest BCUT2D eigenvalue weighted by atomic mass is 16.4. The van der Waals surface area contributed by atoms with Gasteiger partial charge in [-0.05, 0) is 80.1 Å². The molecule has 0 aliphatic heterocycles. The molecular weight excluding hydrogens is 352 g/mol. The standard InChI is InChI=1S/2C12H20O2/c2*1-10(2)6-4-7-11(3)8-5-9-12(13)14/h2*6,8H,4-5,7,9H2,1-3H3,(H,13,14)/b2*11-8+. The third-order valence-corrected chi connectivity index (χ3v) is 3.88. The molecule has 4 heteroatoms. The number of carboxylic acids is 2. The molecule has 0 amide bonds. The summed E-state index contributed by atoms with van der Waals surface area (Å²) in [6, 6.07) is 0.